The van der Waals surface area contributed by atoms with E-state index in [1.807, 2.05) is 60.7 Å². The van der Waals surface area contributed by atoms with Gasteiger partial charge in [-0.25, -0.2) is 4.39 Å². The lowest BCUT2D eigenvalue weighted by atomic mass is 10.1. The molecule has 3 nitrogen and oxygen atoms in total. The van der Waals surface area contributed by atoms with Gasteiger partial charge in [-0.2, -0.15) is 0 Å². The lowest BCUT2D eigenvalue weighted by Crippen LogP contribution is -2.37. The molecular weight excluding hydrogens is 359 g/mol. The molecule has 0 fully saturated rings. The Bertz CT molecular complexity index is 887. The van der Waals surface area contributed by atoms with Crippen LogP contribution in [0.1, 0.15) is 11.1 Å². The van der Waals surface area contributed by atoms with E-state index in [1.54, 1.807) is 12.1 Å². The lowest BCUT2D eigenvalue weighted by molar-refractivity contribution is -0.117. The minimum atomic E-state index is -0.692. The predicted molar refractivity (Wildman–Crippen MR) is 109 cm³/mol. The molecule has 0 bridgehead atoms. The number of carbonyl (C=O) groups is 1. The highest BCUT2D eigenvalue weighted by Gasteiger charge is 2.15. The van der Waals surface area contributed by atoms with Crippen molar-refractivity contribution in [3.8, 4) is 0 Å². The van der Waals surface area contributed by atoms with Crippen LogP contribution < -0.4 is 11.1 Å². The van der Waals surface area contributed by atoms with Gasteiger partial charge < -0.3 is 11.1 Å². The molecule has 0 radical (unpaired) electrons. The summed E-state index contributed by atoms with van der Waals surface area (Å²) in [7, 11) is 0. The Kier molecular flexibility index (Phi) is 6.63. The van der Waals surface area contributed by atoms with Crippen LogP contribution in [0.15, 0.2) is 83.8 Å². The van der Waals surface area contributed by atoms with E-state index in [0.29, 0.717) is 22.8 Å². The topological polar surface area (TPSA) is 55.1 Å². The first kappa shape index (κ1) is 19.1. The van der Waals surface area contributed by atoms with Gasteiger partial charge in [0.2, 0.25) is 5.91 Å². The van der Waals surface area contributed by atoms with Crippen LogP contribution in [0, 0.1) is 5.82 Å². The van der Waals surface area contributed by atoms with Crippen molar-refractivity contribution < 1.29 is 9.18 Å². The number of nitrogens with one attached hydrogen (secondary N) is 1. The normalized spacial score (nSPS) is 11.8. The Hall–Kier alpha value is -2.63. The molecule has 3 N–H and O–H groups in total. The summed E-state index contributed by atoms with van der Waals surface area (Å²) in [6.07, 6.45) is 0.431. The van der Waals surface area contributed by atoms with Crippen molar-refractivity contribution in [2.24, 2.45) is 5.73 Å². The van der Waals surface area contributed by atoms with Crippen LogP contribution >= 0.6 is 11.8 Å². The molecule has 0 spiro atoms. The summed E-state index contributed by atoms with van der Waals surface area (Å²) in [6, 6.07) is 23.5. The van der Waals surface area contributed by atoms with Crippen LogP contribution in [0.5, 0.6) is 0 Å². The molecule has 0 saturated carbocycles. The van der Waals surface area contributed by atoms with Crippen LogP contribution in [-0.4, -0.2) is 11.9 Å². The van der Waals surface area contributed by atoms with Gasteiger partial charge in [-0.3, -0.25) is 4.79 Å². The van der Waals surface area contributed by atoms with Gasteiger partial charge in [0.25, 0.3) is 0 Å². The fourth-order valence-electron chi connectivity index (χ4n) is 2.63. The largest absolute Gasteiger partial charge is 0.325 e. The summed E-state index contributed by atoms with van der Waals surface area (Å²) in [5.74, 6) is -0.000828. The molecule has 5 heteroatoms. The maximum atomic E-state index is 14.3. The van der Waals surface area contributed by atoms with Crippen LogP contribution in [0.2, 0.25) is 0 Å². The van der Waals surface area contributed by atoms with Gasteiger partial charge in [0.15, 0.2) is 0 Å². The molecule has 1 atom stereocenters. The number of benzene rings is 3. The number of halogens is 1. The van der Waals surface area contributed by atoms with Gasteiger partial charge in [0, 0.05) is 16.3 Å². The first-order valence-electron chi connectivity index (χ1n) is 8.68. The fraction of sp³-hybridized carbons (Fsp3) is 0.136. The lowest BCUT2D eigenvalue weighted by Gasteiger charge is -2.13. The molecule has 0 aromatic heterocycles. The van der Waals surface area contributed by atoms with Crippen molar-refractivity contribution in [1.29, 1.82) is 0 Å². The molecule has 1 amide bonds. The molecule has 3 rings (SSSR count). The Balaban J connectivity index is 1.57. The van der Waals surface area contributed by atoms with E-state index in [-0.39, 0.29) is 11.7 Å². The van der Waals surface area contributed by atoms with Gasteiger partial charge in [0.1, 0.15) is 5.82 Å². The molecule has 138 valence electrons. The number of nitrogens with two attached hydrogens (primary N) is 1. The van der Waals surface area contributed by atoms with Gasteiger partial charge in [-0.1, -0.05) is 60.7 Å². The van der Waals surface area contributed by atoms with Crippen molar-refractivity contribution in [3.63, 3.8) is 0 Å². The molecule has 0 saturated heterocycles. The molecule has 3 aromatic rings. The van der Waals surface area contributed by atoms with Crippen LogP contribution in [0.3, 0.4) is 0 Å². The number of hydrogen-bond acceptors (Lipinski definition) is 3. The average molecular weight is 380 g/mol. The average Bonchev–Trinajstić information content (AvgIpc) is 2.69. The predicted octanol–water partition coefficient (Wildman–Crippen LogP) is 4.63. The maximum Gasteiger partial charge on any atom is 0.241 e. The smallest absolute Gasteiger partial charge is 0.241 e. The fourth-order valence-corrected chi connectivity index (χ4v) is 3.50. The summed E-state index contributed by atoms with van der Waals surface area (Å²) >= 11 is 1.42. The quantitative estimate of drug-likeness (QED) is 0.588. The Morgan fingerprint density at radius 1 is 0.963 bits per heavy atom. The highest BCUT2D eigenvalue weighted by atomic mass is 32.2. The summed E-state index contributed by atoms with van der Waals surface area (Å²) in [6.45, 7) is 0. The first-order valence-corrected chi connectivity index (χ1v) is 9.67. The van der Waals surface area contributed by atoms with Gasteiger partial charge in [-0.05, 0) is 35.7 Å². The zero-order valence-electron chi connectivity index (χ0n) is 14.8. The minimum absolute atomic E-state index is 0.331. The third-order valence-corrected chi connectivity index (χ3v) is 5.19. The van der Waals surface area contributed by atoms with E-state index in [1.165, 1.54) is 17.8 Å². The number of amides is 1. The second-order valence-electron chi connectivity index (χ2n) is 6.20. The summed E-state index contributed by atoms with van der Waals surface area (Å²) in [5, 5.41) is 2.69. The SMILES string of the molecule is NC(Cc1ccccc1)C(=O)Nc1ccc(SCc2ccccc2)c(F)c1. The van der Waals surface area contributed by atoms with Crippen molar-refractivity contribution in [1.82, 2.24) is 0 Å². The van der Waals surface area contributed by atoms with Gasteiger partial charge >= 0.3 is 0 Å². The Labute approximate surface area is 162 Å². The Morgan fingerprint density at radius 3 is 2.22 bits per heavy atom. The second-order valence-corrected chi connectivity index (χ2v) is 7.22. The molecule has 0 heterocycles. The number of anilines is 1. The van der Waals surface area contributed by atoms with E-state index in [4.69, 9.17) is 5.73 Å². The monoisotopic (exact) mass is 380 g/mol. The zero-order chi connectivity index (χ0) is 19.1. The van der Waals surface area contributed by atoms with E-state index in [9.17, 15) is 9.18 Å². The Morgan fingerprint density at radius 2 is 1.59 bits per heavy atom. The van der Waals surface area contributed by atoms with Crippen LogP contribution in [0.25, 0.3) is 0 Å². The highest BCUT2D eigenvalue weighted by molar-refractivity contribution is 7.98. The zero-order valence-corrected chi connectivity index (χ0v) is 15.6. The molecule has 0 aliphatic heterocycles. The third-order valence-electron chi connectivity index (χ3n) is 4.07. The molecule has 27 heavy (non-hydrogen) atoms. The van der Waals surface area contributed by atoms with Crippen molar-refractivity contribution in [2.45, 2.75) is 23.1 Å². The second kappa shape index (κ2) is 9.35. The summed E-state index contributed by atoms with van der Waals surface area (Å²) < 4.78 is 14.3. The number of thioether (sulfide) groups is 1. The number of rotatable bonds is 7. The van der Waals surface area contributed by atoms with Gasteiger partial charge in [-0.15, -0.1) is 11.8 Å². The molecule has 0 aliphatic carbocycles. The highest BCUT2D eigenvalue weighted by Crippen LogP contribution is 2.27. The molecule has 1 unspecified atom stereocenters. The van der Waals surface area contributed by atoms with Crippen LogP contribution in [-0.2, 0) is 17.0 Å². The van der Waals surface area contributed by atoms with Crippen molar-refractivity contribution in [3.05, 3.63) is 95.8 Å². The van der Waals surface area contributed by atoms with E-state index in [0.717, 1.165) is 11.1 Å². The minimum Gasteiger partial charge on any atom is -0.325 e. The number of hydrogen-bond donors (Lipinski definition) is 2. The summed E-state index contributed by atoms with van der Waals surface area (Å²) in [5.41, 5.74) is 8.49. The first-order chi connectivity index (χ1) is 13.1. The standard InChI is InChI=1S/C22H21FN2OS/c23-19-14-18(11-12-21(19)27-15-17-9-5-2-6-10-17)25-22(26)20(24)13-16-7-3-1-4-8-16/h1-12,14,20H,13,15,24H2,(H,25,26). The van der Waals surface area contributed by atoms with E-state index < -0.39 is 6.04 Å². The van der Waals surface area contributed by atoms with Crippen LogP contribution in [0.4, 0.5) is 10.1 Å². The molecular formula is C22H21FN2OS. The van der Waals surface area contributed by atoms with Crippen molar-refractivity contribution in [2.75, 3.05) is 5.32 Å². The van der Waals surface area contributed by atoms with E-state index in [2.05, 4.69) is 5.32 Å². The maximum absolute atomic E-state index is 14.3. The molecule has 0 aliphatic rings. The van der Waals surface area contributed by atoms with Gasteiger partial charge in [0.05, 0.1) is 6.04 Å². The third kappa shape index (κ3) is 5.67. The molecule has 3 aromatic carbocycles. The summed E-state index contributed by atoms with van der Waals surface area (Å²) in [4.78, 5) is 12.8. The van der Waals surface area contributed by atoms with E-state index >= 15 is 0 Å². The number of carbonyl (C=O) groups excluding carboxylic acids is 1. The van der Waals surface area contributed by atoms with Crippen molar-refractivity contribution >= 4 is 23.4 Å².